The van der Waals surface area contributed by atoms with Gasteiger partial charge in [-0.1, -0.05) is 0 Å². The Morgan fingerprint density at radius 2 is 2.07 bits per heavy atom. The third-order valence-corrected chi connectivity index (χ3v) is 6.49. The molecule has 9 heteroatoms. The average molecular weight is 394 g/mol. The fourth-order valence-corrected chi connectivity index (χ4v) is 4.81. The molecule has 6 nitrogen and oxygen atoms in total. The number of hydrogen-bond donors (Lipinski definition) is 1. The average Bonchev–Trinajstić information content (AvgIpc) is 3.19. The standard InChI is InChI=1S/C19H21F3N4O2/c1-10-4-5-26(10)17-13(7-23)15(19(20,21)22)6-16(24-17)25-8-11-2-3-12(18(27)28)14(11)9-25/h6,10-12,14H,2-5,8-9H2,1H3,(H,27,28)/t10-,11+,12-,14-/m0/s1. The van der Waals surface area contributed by atoms with Crippen LogP contribution in [0.4, 0.5) is 24.8 Å². The summed E-state index contributed by atoms with van der Waals surface area (Å²) < 4.78 is 41.0. The van der Waals surface area contributed by atoms with Gasteiger partial charge in [0, 0.05) is 25.7 Å². The molecule has 3 aliphatic rings. The van der Waals surface area contributed by atoms with Crippen molar-refractivity contribution in [3.05, 3.63) is 17.2 Å². The summed E-state index contributed by atoms with van der Waals surface area (Å²) in [4.78, 5) is 19.4. The lowest BCUT2D eigenvalue weighted by Crippen LogP contribution is -2.47. The molecule has 150 valence electrons. The lowest BCUT2D eigenvalue weighted by Gasteiger charge is -2.40. The topological polar surface area (TPSA) is 80.5 Å². The summed E-state index contributed by atoms with van der Waals surface area (Å²) in [6.45, 7) is 3.34. The summed E-state index contributed by atoms with van der Waals surface area (Å²) >= 11 is 0. The Morgan fingerprint density at radius 3 is 2.61 bits per heavy atom. The molecule has 1 aliphatic carbocycles. The highest BCUT2D eigenvalue weighted by molar-refractivity contribution is 5.71. The first-order valence-corrected chi connectivity index (χ1v) is 9.47. The number of pyridine rings is 1. The minimum Gasteiger partial charge on any atom is -0.481 e. The van der Waals surface area contributed by atoms with E-state index in [0.29, 0.717) is 26.1 Å². The number of carboxylic acid groups (broad SMARTS) is 1. The molecule has 0 spiro atoms. The van der Waals surface area contributed by atoms with Gasteiger partial charge in [0.25, 0.3) is 0 Å². The Kier molecular flexibility index (Phi) is 4.40. The zero-order valence-corrected chi connectivity index (χ0v) is 15.4. The Bertz CT molecular complexity index is 851. The van der Waals surface area contributed by atoms with Crippen LogP contribution in [0, 0.1) is 29.1 Å². The SMILES string of the molecule is C[C@H]1CCN1c1nc(N2C[C@H]3CC[C@H](C(=O)O)[C@H]3C2)cc(C(F)(F)F)c1C#N. The lowest BCUT2D eigenvalue weighted by atomic mass is 9.93. The van der Waals surface area contributed by atoms with E-state index in [1.165, 1.54) is 0 Å². The van der Waals surface area contributed by atoms with Crippen LogP contribution >= 0.6 is 0 Å². The second-order valence-electron chi connectivity index (χ2n) is 8.02. The van der Waals surface area contributed by atoms with E-state index in [0.717, 1.165) is 18.9 Å². The van der Waals surface area contributed by atoms with Crippen molar-refractivity contribution in [3.8, 4) is 6.07 Å². The molecular formula is C19H21F3N4O2. The molecule has 0 radical (unpaired) electrons. The number of carbonyl (C=O) groups is 1. The molecule has 2 aliphatic heterocycles. The smallest absolute Gasteiger partial charge is 0.417 e. The van der Waals surface area contributed by atoms with E-state index in [9.17, 15) is 28.3 Å². The summed E-state index contributed by atoms with van der Waals surface area (Å²) in [7, 11) is 0. The largest absolute Gasteiger partial charge is 0.481 e. The first-order valence-electron chi connectivity index (χ1n) is 9.47. The number of fused-ring (bicyclic) bond motifs is 1. The van der Waals surface area contributed by atoms with E-state index in [2.05, 4.69) is 4.98 Å². The van der Waals surface area contributed by atoms with Gasteiger partial charge in [-0.05, 0) is 44.1 Å². The molecule has 1 aromatic rings. The molecule has 1 N–H and O–H groups in total. The molecule has 2 saturated heterocycles. The van der Waals surface area contributed by atoms with Gasteiger partial charge in [-0.25, -0.2) is 4.98 Å². The molecule has 4 rings (SSSR count). The van der Waals surface area contributed by atoms with Crippen molar-refractivity contribution in [3.63, 3.8) is 0 Å². The van der Waals surface area contributed by atoms with E-state index in [1.54, 1.807) is 15.9 Å². The number of rotatable bonds is 3. The fourth-order valence-electron chi connectivity index (χ4n) is 4.81. The summed E-state index contributed by atoms with van der Waals surface area (Å²) in [6.07, 6.45) is -2.45. The van der Waals surface area contributed by atoms with Crippen molar-refractivity contribution in [1.29, 1.82) is 5.26 Å². The summed E-state index contributed by atoms with van der Waals surface area (Å²) in [5.41, 5.74) is -1.41. The van der Waals surface area contributed by atoms with Gasteiger partial charge in [0.2, 0.25) is 0 Å². The number of aliphatic carboxylic acids is 1. The van der Waals surface area contributed by atoms with Crippen LogP contribution in [0.25, 0.3) is 0 Å². The number of halogens is 3. The first-order chi connectivity index (χ1) is 13.2. The van der Waals surface area contributed by atoms with Gasteiger partial charge in [-0.3, -0.25) is 4.79 Å². The number of nitriles is 1. The van der Waals surface area contributed by atoms with Crippen molar-refractivity contribution >= 4 is 17.6 Å². The first kappa shape index (κ1) is 18.8. The van der Waals surface area contributed by atoms with Gasteiger partial charge in [0.1, 0.15) is 23.3 Å². The maximum absolute atomic E-state index is 13.7. The predicted molar refractivity (Wildman–Crippen MR) is 94.9 cm³/mol. The molecule has 3 heterocycles. The number of nitrogens with zero attached hydrogens (tertiary/aromatic N) is 4. The van der Waals surface area contributed by atoms with Gasteiger partial charge in [-0.2, -0.15) is 18.4 Å². The van der Waals surface area contributed by atoms with Crippen LogP contribution in [0.1, 0.15) is 37.3 Å². The van der Waals surface area contributed by atoms with Gasteiger partial charge in [0.05, 0.1) is 11.5 Å². The maximum atomic E-state index is 13.7. The van der Waals surface area contributed by atoms with E-state index >= 15 is 0 Å². The Labute approximate surface area is 160 Å². The van der Waals surface area contributed by atoms with E-state index in [1.807, 2.05) is 6.92 Å². The van der Waals surface area contributed by atoms with Gasteiger partial charge in [0.15, 0.2) is 0 Å². The molecule has 3 fully saturated rings. The molecule has 4 atom stereocenters. The molecule has 0 bridgehead atoms. The van der Waals surface area contributed by atoms with Crippen LogP contribution in [0.15, 0.2) is 6.07 Å². The monoisotopic (exact) mass is 394 g/mol. The van der Waals surface area contributed by atoms with Crippen LogP contribution in [0.3, 0.4) is 0 Å². The zero-order valence-electron chi connectivity index (χ0n) is 15.4. The van der Waals surface area contributed by atoms with Crippen LogP contribution in [0.5, 0.6) is 0 Å². The van der Waals surface area contributed by atoms with Gasteiger partial charge < -0.3 is 14.9 Å². The number of aromatic nitrogens is 1. The summed E-state index contributed by atoms with van der Waals surface area (Å²) in [5, 5.41) is 18.8. The van der Waals surface area contributed by atoms with Crippen LogP contribution in [-0.2, 0) is 11.0 Å². The number of alkyl halides is 3. The molecule has 0 amide bonds. The van der Waals surface area contributed by atoms with Crippen LogP contribution in [-0.4, -0.2) is 41.7 Å². The van der Waals surface area contributed by atoms with Gasteiger partial charge >= 0.3 is 12.1 Å². The summed E-state index contributed by atoms with van der Waals surface area (Å²) in [6, 6.07) is 2.68. The van der Waals surface area contributed by atoms with Crippen LogP contribution < -0.4 is 9.80 Å². The van der Waals surface area contributed by atoms with Crippen LogP contribution in [0.2, 0.25) is 0 Å². The number of anilines is 2. The zero-order chi connectivity index (χ0) is 20.2. The second-order valence-corrected chi connectivity index (χ2v) is 8.02. The number of hydrogen-bond acceptors (Lipinski definition) is 5. The van der Waals surface area contributed by atoms with E-state index in [-0.39, 0.29) is 29.5 Å². The predicted octanol–water partition coefficient (Wildman–Crippen LogP) is 3.12. The minimum absolute atomic E-state index is 0.0327. The lowest BCUT2D eigenvalue weighted by molar-refractivity contribution is -0.143. The quantitative estimate of drug-likeness (QED) is 0.849. The Morgan fingerprint density at radius 1 is 1.32 bits per heavy atom. The molecule has 0 unspecified atom stereocenters. The Hall–Kier alpha value is -2.50. The highest BCUT2D eigenvalue weighted by Gasteiger charge is 2.47. The van der Waals surface area contributed by atoms with Crippen molar-refractivity contribution < 1.29 is 23.1 Å². The van der Waals surface area contributed by atoms with Gasteiger partial charge in [-0.15, -0.1) is 0 Å². The van der Waals surface area contributed by atoms with Crippen molar-refractivity contribution in [1.82, 2.24) is 4.98 Å². The molecule has 1 saturated carbocycles. The van der Waals surface area contributed by atoms with E-state index < -0.39 is 29.2 Å². The fraction of sp³-hybridized carbons (Fsp3) is 0.632. The molecule has 0 aromatic carbocycles. The van der Waals surface area contributed by atoms with Crippen molar-refractivity contribution in [2.45, 2.75) is 38.4 Å². The van der Waals surface area contributed by atoms with Crippen molar-refractivity contribution in [2.24, 2.45) is 17.8 Å². The Balaban J connectivity index is 1.73. The third kappa shape index (κ3) is 2.95. The normalized spacial score (nSPS) is 29.4. The minimum atomic E-state index is -4.66. The number of carboxylic acids is 1. The second kappa shape index (κ2) is 6.54. The maximum Gasteiger partial charge on any atom is 0.417 e. The van der Waals surface area contributed by atoms with Crippen molar-refractivity contribution in [2.75, 3.05) is 29.4 Å². The molecular weight excluding hydrogens is 373 g/mol. The van der Waals surface area contributed by atoms with E-state index in [4.69, 9.17) is 0 Å². The highest BCUT2D eigenvalue weighted by Crippen LogP contribution is 2.45. The molecule has 28 heavy (non-hydrogen) atoms. The molecule has 1 aromatic heterocycles. The summed E-state index contributed by atoms with van der Waals surface area (Å²) in [5.74, 6) is -0.953. The third-order valence-electron chi connectivity index (χ3n) is 6.49. The highest BCUT2D eigenvalue weighted by atomic mass is 19.4.